The Kier molecular flexibility index (Phi) is 3.30. The molecule has 1 atom stereocenters. The van der Waals surface area contributed by atoms with Crippen molar-refractivity contribution >= 4 is 5.65 Å². The standard InChI is InChI=1S/C16H22N4O/c21-16-10-14(12-7-4-8-17-12)18-15-9-13(19-20(15)16)11-5-2-1-3-6-11/h9-12,17,19H,1-8H2. The van der Waals surface area contributed by atoms with E-state index in [1.807, 2.05) is 0 Å². The number of aromatic amines is 1. The van der Waals surface area contributed by atoms with Gasteiger partial charge in [-0.15, -0.1) is 0 Å². The van der Waals surface area contributed by atoms with Crippen LogP contribution >= 0.6 is 0 Å². The maximum atomic E-state index is 12.3. The van der Waals surface area contributed by atoms with E-state index in [1.165, 1.54) is 37.8 Å². The molecule has 2 aliphatic rings. The normalized spacial score (nSPS) is 23.9. The summed E-state index contributed by atoms with van der Waals surface area (Å²) >= 11 is 0. The molecule has 0 amide bonds. The predicted octanol–water partition coefficient (Wildman–Crippen LogP) is 2.49. The van der Waals surface area contributed by atoms with Crippen LogP contribution in [0.3, 0.4) is 0 Å². The highest BCUT2D eigenvalue weighted by Gasteiger charge is 2.21. The molecule has 0 spiro atoms. The molecule has 1 unspecified atom stereocenters. The van der Waals surface area contributed by atoms with E-state index in [4.69, 9.17) is 4.98 Å². The van der Waals surface area contributed by atoms with Crippen molar-refractivity contribution in [3.63, 3.8) is 0 Å². The molecule has 1 saturated heterocycles. The van der Waals surface area contributed by atoms with Gasteiger partial charge in [-0.25, -0.2) is 9.50 Å². The SMILES string of the molecule is O=c1cc(C2CCCN2)nc2cc(C3CCCCC3)[nH]n12. The lowest BCUT2D eigenvalue weighted by molar-refractivity contribution is 0.435. The van der Waals surface area contributed by atoms with Crippen LogP contribution in [0.4, 0.5) is 0 Å². The quantitative estimate of drug-likeness (QED) is 0.891. The van der Waals surface area contributed by atoms with Gasteiger partial charge in [-0.2, -0.15) is 0 Å². The Morgan fingerprint density at radius 2 is 1.95 bits per heavy atom. The number of hydrogen-bond donors (Lipinski definition) is 2. The summed E-state index contributed by atoms with van der Waals surface area (Å²) in [7, 11) is 0. The summed E-state index contributed by atoms with van der Waals surface area (Å²) in [5.74, 6) is 0.563. The van der Waals surface area contributed by atoms with Gasteiger partial charge >= 0.3 is 0 Å². The van der Waals surface area contributed by atoms with Gasteiger partial charge in [0.1, 0.15) is 0 Å². The van der Waals surface area contributed by atoms with Crippen molar-refractivity contribution in [2.75, 3.05) is 6.54 Å². The molecule has 2 N–H and O–H groups in total. The fraction of sp³-hybridized carbons (Fsp3) is 0.625. The Bertz CT molecular complexity index is 690. The van der Waals surface area contributed by atoms with Crippen LogP contribution < -0.4 is 10.9 Å². The lowest BCUT2D eigenvalue weighted by atomic mass is 9.87. The van der Waals surface area contributed by atoms with Crippen molar-refractivity contribution in [3.8, 4) is 0 Å². The van der Waals surface area contributed by atoms with Crippen LogP contribution in [0.5, 0.6) is 0 Å². The number of rotatable bonds is 2. The van der Waals surface area contributed by atoms with Gasteiger partial charge in [0.15, 0.2) is 5.65 Å². The Hall–Kier alpha value is -1.62. The van der Waals surface area contributed by atoms with Gasteiger partial charge < -0.3 is 5.32 Å². The van der Waals surface area contributed by atoms with Gasteiger partial charge in [0.25, 0.3) is 5.56 Å². The van der Waals surface area contributed by atoms with Crippen molar-refractivity contribution in [1.29, 1.82) is 0 Å². The van der Waals surface area contributed by atoms with Crippen molar-refractivity contribution < 1.29 is 0 Å². The van der Waals surface area contributed by atoms with Crippen LogP contribution in [-0.2, 0) is 0 Å². The molecule has 1 saturated carbocycles. The third-order valence-electron chi connectivity index (χ3n) is 4.95. The van der Waals surface area contributed by atoms with Gasteiger partial charge in [0.05, 0.1) is 5.69 Å². The molecule has 112 valence electrons. The molecule has 21 heavy (non-hydrogen) atoms. The van der Waals surface area contributed by atoms with Crippen molar-refractivity contribution in [2.24, 2.45) is 0 Å². The highest BCUT2D eigenvalue weighted by Crippen LogP contribution is 2.32. The second kappa shape index (κ2) is 5.30. The molecule has 0 aromatic carbocycles. The molecule has 2 fully saturated rings. The zero-order valence-corrected chi connectivity index (χ0v) is 12.3. The monoisotopic (exact) mass is 286 g/mol. The van der Waals surface area contributed by atoms with Crippen LogP contribution in [0.25, 0.3) is 5.65 Å². The average molecular weight is 286 g/mol. The van der Waals surface area contributed by atoms with Crippen molar-refractivity contribution in [3.05, 3.63) is 33.9 Å². The molecule has 2 aromatic heterocycles. The number of aromatic nitrogens is 3. The van der Waals surface area contributed by atoms with Gasteiger partial charge in [-0.1, -0.05) is 19.3 Å². The van der Waals surface area contributed by atoms with Crippen LogP contribution in [-0.4, -0.2) is 21.1 Å². The zero-order valence-electron chi connectivity index (χ0n) is 12.3. The first-order valence-corrected chi connectivity index (χ1v) is 8.17. The van der Waals surface area contributed by atoms with E-state index < -0.39 is 0 Å². The van der Waals surface area contributed by atoms with E-state index >= 15 is 0 Å². The third kappa shape index (κ3) is 2.39. The lowest BCUT2D eigenvalue weighted by Gasteiger charge is -2.19. The Morgan fingerprint density at radius 1 is 1.10 bits per heavy atom. The summed E-state index contributed by atoms with van der Waals surface area (Å²) in [6.07, 6.45) is 8.59. The fourth-order valence-corrected chi connectivity index (χ4v) is 3.77. The number of hydrogen-bond acceptors (Lipinski definition) is 3. The molecular weight excluding hydrogens is 264 g/mol. The number of H-pyrrole nitrogens is 1. The molecule has 3 heterocycles. The Morgan fingerprint density at radius 3 is 2.71 bits per heavy atom. The Balaban J connectivity index is 1.72. The van der Waals surface area contributed by atoms with Gasteiger partial charge in [0, 0.05) is 29.8 Å². The maximum absolute atomic E-state index is 12.3. The second-order valence-corrected chi connectivity index (χ2v) is 6.41. The zero-order chi connectivity index (χ0) is 14.2. The van der Waals surface area contributed by atoms with Gasteiger partial charge in [-0.3, -0.25) is 9.89 Å². The number of nitrogens with zero attached hydrogens (tertiary/aromatic N) is 2. The van der Waals surface area contributed by atoms with E-state index in [9.17, 15) is 4.79 Å². The number of nitrogens with one attached hydrogen (secondary N) is 2. The largest absolute Gasteiger partial charge is 0.309 e. The fourth-order valence-electron chi connectivity index (χ4n) is 3.77. The van der Waals surface area contributed by atoms with Crippen LogP contribution in [0.15, 0.2) is 16.9 Å². The highest BCUT2D eigenvalue weighted by atomic mass is 16.1. The first kappa shape index (κ1) is 13.1. The molecular formula is C16H22N4O. The van der Waals surface area contributed by atoms with E-state index in [0.29, 0.717) is 5.92 Å². The highest BCUT2D eigenvalue weighted by molar-refractivity contribution is 5.41. The molecule has 5 heteroatoms. The molecule has 1 aliphatic heterocycles. The van der Waals surface area contributed by atoms with Gasteiger partial charge in [0.2, 0.25) is 0 Å². The van der Waals surface area contributed by atoms with Crippen molar-refractivity contribution in [1.82, 2.24) is 19.9 Å². The predicted molar refractivity (Wildman–Crippen MR) is 81.6 cm³/mol. The molecule has 0 bridgehead atoms. The average Bonchev–Trinajstić information content (AvgIpc) is 3.17. The summed E-state index contributed by atoms with van der Waals surface area (Å²) in [4.78, 5) is 17.0. The maximum Gasteiger partial charge on any atom is 0.272 e. The van der Waals surface area contributed by atoms with E-state index in [1.54, 1.807) is 10.6 Å². The first-order valence-electron chi connectivity index (χ1n) is 8.17. The molecule has 4 rings (SSSR count). The molecule has 5 nitrogen and oxygen atoms in total. The van der Waals surface area contributed by atoms with E-state index in [2.05, 4.69) is 16.5 Å². The summed E-state index contributed by atoms with van der Waals surface area (Å²) in [6.45, 7) is 1.02. The summed E-state index contributed by atoms with van der Waals surface area (Å²) in [6, 6.07) is 4.00. The minimum Gasteiger partial charge on any atom is -0.309 e. The second-order valence-electron chi connectivity index (χ2n) is 6.41. The van der Waals surface area contributed by atoms with Crippen LogP contribution in [0.1, 0.15) is 68.3 Å². The minimum absolute atomic E-state index is 0.00533. The number of fused-ring (bicyclic) bond motifs is 1. The summed E-state index contributed by atoms with van der Waals surface area (Å²) in [5, 5.41) is 6.69. The van der Waals surface area contributed by atoms with Gasteiger partial charge in [-0.05, 0) is 32.2 Å². The lowest BCUT2D eigenvalue weighted by Crippen LogP contribution is -2.21. The topological polar surface area (TPSA) is 62.2 Å². The molecule has 1 aliphatic carbocycles. The smallest absolute Gasteiger partial charge is 0.272 e. The summed E-state index contributed by atoms with van der Waals surface area (Å²) in [5.41, 5.74) is 2.85. The van der Waals surface area contributed by atoms with Crippen LogP contribution in [0.2, 0.25) is 0 Å². The summed E-state index contributed by atoms with van der Waals surface area (Å²) < 4.78 is 1.60. The van der Waals surface area contributed by atoms with Crippen LogP contribution in [0, 0.1) is 0 Å². The molecule has 2 aromatic rings. The Labute approximate surface area is 123 Å². The van der Waals surface area contributed by atoms with E-state index in [0.717, 1.165) is 30.7 Å². The van der Waals surface area contributed by atoms with E-state index in [-0.39, 0.29) is 11.6 Å². The minimum atomic E-state index is 0.00533. The van der Waals surface area contributed by atoms with Crippen molar-refractivity contribution in [2.45, 2.75) is 56.9 Å². The molecule has 0 radical (unpaired) electrons. The first-order chi connectivity index (χ1) is 10.3. The third-order valence-corrected chi connectivity index (χ3v) is 4.95.